The number of primary amides is 1. The van der Waals surface area contributed by atoms with E-state index in [-0.39, 0.29) is 31.9 Å². The van der Waals surface area contributed by atoms with Crippen molar-refractivity contribution in [2.75, 3.05) is 18.0 Å². The third kappa shape index (κ3) is 2.51. The lowest BCUT2D eigenvalue weighted by Gasteiger charge is -2.33. The molecule has 0 bridgehead atoms. The number of hydrogen-bond donors (Lipinski definition) is 2. The van der Waals surface area contributed by atoms with Crippen LogP contribution in [-0.4, -0.2) is 45.7 Å². The zero-order valence-corrected chi connectivity index (χ0v) is 10.3. The fourth-order valence-corrected chi connectivity index (χ4v) is 1.96. The Balaban J connectivity index is 2.17. The van der Waals surface area contributed by atoms with E-state index in [1.807, 2.05) is 0 Å². The summed E-state index contributed by atoms with van der Waals surface area (Å²) in [6.45, 7) is 0.0965. The number of anilines is 1. The quantitative estimate of drug-likeness (QED) is 0.816. The molecule has 1 fully saturated rings. The fourth-order valence-electron chi connectivity index (χ4n) is 1.96. The van der Waals surface area contributed by atoms with Crippen molar-refractivity contribution in [1.29, 1.82) is 0 Å². The Bertz CT molecular complexity index is 559. The van der Waals surface area contributed by atoms with Gasteiger partial charge in [-0.2, -0.15) is 0 Å². The van der Waals surface area contributed by atoms with Crippen LogP contribution in [-0.2, 0) is 4.79 Å². The van der Waals surface area contributed by atoms with Crippen LogP contribution in [0.5, 0.6) is 0 Å². The van der Waals surface area contributed by atoms with Crippen LogP contribution in [0.15, 0.2) is 6.20 Å². The van der Waals surface area contributed by atoms with Crippen LogP contribution in [0.1, 0.15) is 23.3 Å². The van der Waals surface area contributed by atoms with Gasteiger partial charge in [0.25, 0.3) is 5.91 Å². The van der Waals surface area contributed by atoms with Crippen LogP contribution in [0.4, 0.5) is 14.7 Å². The average Bonchev–Trinajstić information content (AvgIpc) is 2.40. The number of piperidine rings is 1. The van der Waals surface area contributed by atoms with E-state index < -0.39 is 29.1 Å². The first-order valence-electron chi connectivity index (χ1n) is 5.83. The molecule has 2 heterocycles. The normalized spacial score (nSPS) is 17.8. The van der Waals surface area contributed by atoms with Gasteiger partial charge in [-0.25, -0.2) is 23.5 Å². The van der Waals surface area contributed by atoms with Gasteiger partial charge in [-0.15, -0.1) is 0 Å². The predicted molar refractivity (Wildman–Crippen MR) is 63.4 cm³/mol. The standard InChI is InChI=1S/C11H12F2N4O3/c12-6-5-15-10(16-7(6)8(14)18)17-3-1-11(13,2-4-17)9(19)20/h5H,1-4H2,(H2,14,18)(H,19,20). The van der Waals surface area contributed by atoms with E-state index in [0.717, 1.165) is 6.20 Å². The first-order valence-corrected chi connectivity index (χ1v) is 5.83. The Hall–Kier alpha value is -2.32. The second-order valence-corrected chi connectivity index (χ2v) is 4.49. The lowest BCUT2D eigenvalue weighted by molar-refractivity contribution is -0.152. The van der Waals surface area contributed by atoms with Crippen LogP contribution in [0, 0.1) is 5.82 Å². The van der Waals surface area contributed by atoms with Crippen LogP contribution in [0.2, 0.25) is 0 Å². The van der Waals surface area contributed by atoms with Crippen molar-refractivity contribution in [2.24, 2.45) is 5.73 Å². The molecule has 1 aliphatic rings. The molecule has 9 heteroatoms. The summed E-state index contributed by atoms with van der Waals surface area (Å²) >= 11 is 0. The molecule has 108 valence electrons. The first kappa shape index (κ1) is 14.1. The van der Waals surface area contributed by atoms with Crippen molar-refractivity contribution in [3.63, 3.8) is 0 Å². The van der Waals surface area contributed by atoms with Gasteiger partial charge in [0.15, 0.2) is 11.5 Å². The van der Waals surface area contributed by atoms with Gasteiger partial charge in [-0.05, 0) is 0 Å². The van der Waals surface area contributed by atoms with E-state index in [1.54, 1.807) is 0 Å². The molecule has 3 N–H and O–H groups in total. The fraction of sp³-hybridized carbons (Fsp3) is 0.455. The van der Waals surface area contributed by atoms with Gasteiger partial charge in [-0.3, -0.25) is 4.79 Å². The van der Waals surface area contributed by atoms with Crippen molar-refractivity contribution < 1.29 is 23.5 Å². The molecule has 0 atom stereocenters. The number of carbonyl (C=O) groups excluding carboxylic acids is 1. The lowest BCUT2D eigenvalue weighted by Crippen LogP contribution is -2.47. The Morgan fingerprint density at radius 3 is 2.50 bits per heavy atom. The minimum Gasteiger partial charge on any atom is -0.479 e. The average molecular weight is 286 g/mol. The number of halogens is 2. The van der Waals surface area contributed by atoms with Crippen LogP contribution >= 0.6 is 0 Å². The van der Waals surface area contributed by atoms with Gasteiger partial charge in [-0.1, -0.05) is 0 Å². The largest absolute Gasteiger partial charge is 0.479 e. The molecule has 0 saturated carbocycles. The monoisotopic (exact) mass is 286 g/mol. The zero-order chi connectivity index (χ0) is 14.9. The summed E-state index contributed by atoms with van der Waals surface area (Å²) in [5, 5.41) is 8.77. The van der Waals surface area contributed by atoms with E-state index in [9.17, 15) is 18.4 Å². The molecule has 1 saturated heterocycles. The third-order valence-electron chi connectivity index (χ3n) is 3.19. The molecule has 0 unspecified atom stereocenters. The van der Waals surface area contributed by atoms with Gasteiger partial charge in [0.05, 0.1) is 6.20 Å². The summed E-state index contributed by atoms with van der Waals surface area (Å²) in [6, 6.07) is 0. The highest BCUT2D eigenvalue weighted by Crippen LogP contribution is 2.28. The third-order valence-corrected chi connectivity index (χ3v) is 3.19. The summed E-state index contributed by atoms with van der Waals surface area (Å²) in [6.07, 6.45) is 0.320. The van der Waals surface area contributed by atoms with Crippen LogP contribution < -0.4 is 10.6 Å². The minimum atomic E-state index is -2.27. The molecule has 2 rings (SSSR count). The topological polar surface area (TPSA) is 109 Å². The van der Waals surface area contributed by atoms with Crippen molar-refractivity contribution >= 4 is 17.8 Å². The van der Waals surface area contributed by atoms with Gasteiger partial charge < -0.3 is 15.7 Å². The van der Waals surface area contributed by atoms with Crippen molar-refractivity contribution in [2.45, 2.75) is 18.5 Å². The van der Waals surface area contributed by atoms with Crippen molar-refractivity contribution in [3.8, 4) is 0 Å². The first-order chi connectivity index (χ1) is 9.33. The van der Waals surface area contributed by atoms with Gasteiger partial charge >= 0.3 is 5.97 Å². The van der Waals surface area contributed by atoms with Gasteiger partial charge in [0, 0.05) is 25.9 Å². The summed E-state index contributed by atoms with van der Waals surface area (Å²) in [7, 11) is 0. The highest BCUT2D eigenvalue weighted by Gasteiger charge is 2.42. The SMILES string of the molecule is NC(=O)c1nc(N2CCC(F)(C(=O)O)CC2)ncc1F. The molecule has 1 aliphatic heterocycles. The molecular formula is C11H12F2N4O3. The number of hydrogen-bond acceptors (Lipinski definition) is 5. The Morgan fingerprint density at radius 2 is 2.00 bits per heavy atom. The number of amides is 1. The molecule has 1 amide bonds. The molecule has 0 aliphatic carbocycles. The van der Waals surface area contributed by atoms with Crippen molar-refractivity contribution in [1.82, 2.24) is 9.97 Å². The van der Waals surface area contributed by atoms with E-state index in [4.69, 9.17) is 10.8 Å². The number of carboxylic acids is 1. The van der Waals surface area contributed by atoms with E-state index in [0.29, 0.717) is 0 Å². The molecule has 1 aromatic rings. The van der Waals surface area contributed by atoms with E-state index >= 15 is 0 Å². The van der Waals surface area contributed by atoms with Crippen LogP contribution in [0.3, 0.4) is 0 Å². The predicted octanol–water partition coefficient (Wildman–Crippen LogP) is 0.108. The molecule has 0 aromatic carbocycles. The number of nitrogens with zero attached hydrogens (tertiary/aromatic N) is 3. The van der Waals surface area contributed by atoms with E-state index in [2.05, 4.69) is 9.97 Å². The number of aromatic nitrogens is 2. The number of carboxylic acid groups (broad SMARTS) is 1. The molecule has 1 aromatic heterocycles. The molecule has 20 heavy (non-hydrogen) atoms. The number of nitrogens with two attached hydrogens (primary N) is 1. The summed E-state index contributed by atoms with van der Waals surface area (Å²) in [5.41, 5.74) is 2.15. The lowest BCUT2D eigenvalue weighted by atomic mass is 9.94. The summed E-state index contributed by atoms with van der Waals surface area (Å²) < 4.78 is 27.1. The minimum absolute atomic E-state index is 0.0210. The van der Waals surface area contributed by atoms with Gasteiger partial charge in [0.2, 0.25) is 11.6 Å². The number of aliphatic carboxylic acids is 1. The molecule has 0 radical (unpaired) electrons. The van der Waals surface area contributed by atoms with Crippen molar-refractivity contribution in [3.05, 3.63) is 17.7 Å². The number of rotatable bonds is 3. The maximum absolute atomic E-state index is 13.9. The second kappa shape index (κ2) is 4.99. The number of alkyl halides is 1. The highest BCUT2D eigenvalue weighted by atomic mass is 19.1. The smallest absolute Gasteiger partial charge is 0.341 e. The summed E-state index contributed by atoms with van der Waals surface area (Å²) in [4.78, 5) is 30.6. The zero-order valence-electron chi connectivity index (χ0n) is 10.3. The van der Waals surface area contributed by atoms with Gasteiger partial charge in [0.1, 0.15) is 0 Å². The molecule has 0 spiro atoms. The maximum atomic E-state index is 13.9. The summed E-state index contributed by atoms with van der Waals surface area (Å²) in [5.74, 6) is -3.46. The number of carbonyl (C=O) groups is 2. The Kier molecular flexibility index (Phi) is 3.51. The second-order valence-electron chi connectivity index (χ2n) is 4.49. The van der Waals surface area contributed by atoms with Crippen LogP contribution in [0.25, 0.3) is 0 Å². The maximum Gasteiger partial charge on any atom is 0.341 e. The Morgan fingerprint density at radius 1 is 1.40 bits per heavy atom. The highest BCUT2D eigenvalue weighted by molar-refractivity contribution is 5.91. The molecule has 7 nitrogen and oxygen atoms in total. The Labute approximate surface area is 112 Å². The molecular weight excluding hydrogens is 274 g/mol. The van der Waals surface area contributed by atoms with E-state index in [1.165, 1.54) is 4.90 Å².